The third kappa shape index (κ3) is 2.17. The maximum absolute atomic E-state index is 11.1. The molecule has 5 nitrogen and oxygen atoms in total. The number of fused-ring (bicyclic) bond motifs is 3. The van der Waals surface area contributed by atoms with E-state index in [1.165, 1.54) is 6.07 Å². The van der Waals surface area contributed by atoms with Crippen molar-refractivity contribution < 1.29 is 9.66 Å². The first-order valence-corrected chi connectivity index (χ1v) is 7.32. The average molecular weight is 288 g/mol. The van der Waals surface area contributed by atoms with Crippen LogP contribution in [0.4, 0.5) is 11.4 Å². The summed E-state index contributed by atoms with van der Waals surface area (Å²) in [5.74, 6) is 1.75. The first-order chi connectivity index (χ1) is 10.0. The lowest BCUT2D eigenvalue weighted by Crippen LogP contribution is -2.39. The average Bonchev–Trinajstić information content (AvgIpc) is 2.94. The quantitative estimate of drug-likeness (QED) is 0.523. The number of nitro benzene ring substituents is 1. The molecule has 21 heavy (non-hydrogen) atoms. The first-order valence-electron chi connectivity index (χ1n) is 7.32. The molecular weight excluding hydrogens is 268 g/mol. The van der Waals surface area contributed by atoms with E-state index in [0.29, 0.717) is 23.6 Å². The molecule has 112 valence electrons. The van der Waals surface area contributed by atoms with Crippen LogP contribution in [0.2, 0.25) is 0 Å². The van der Waals surface area contributed by atoms with Gasteiger partial charge in [-0.2, -0.15) is 0 Å². The van der Waals surface area contributed by atoms with Crippen molar-refractivity contribution in [3.63, 3.8) is 0 Å². The van der Waals surface area contributed by atoms with Gasteiger partial charge in [0, 0.05) is 18.0 Å². The van der Waals surface area contributed by atoms with E-state index in [9.17, 15) is 10.1 Å². The fourth-order valence-corrected chi connectivity index (χ4v) is 3.62. The molecule has 1 aromatic carbocycles. The zero-order chi connectivity index (χ0) is 15.1. The van der Waals surface area contributed by atoms with E-state index in [1.54, 1.807) is 13.2 Å². The lowest BCUT2D eigenvalue weighted by Gasteiger charge is -2.39. The SMILES string of the molecule is COc1cc([N+](=O)[O-])cc2c1N[C@@H](C(C)C)[C@H]1CC=C[C@@H]21. The lowest BCUT2D eigenvalue weighted by atomic mass is 9.75. The van der Waals surface area contributed by atoms with Crippen LogP contribution < -0.4 is 10.1 Å². The summed E-state index contributed by atoms with van der Waals surface area (Å²) in [7, 11) is 1.56. The maximum Gasteiger partial charge on any atom is 0.273 e. The Morgan fingerprint density at radius 2 is 2.19 bits per heavy atom. The van der Waals surface area contributed by atoms with E-state index < -0.39 is 0 Å². The molecule has 5 heteroatoms. The maximum atomic E-state index is 11.1. The fraction of sp³-hybridized carbons (Fsp3) is 0.500. The number of anilines is 1. The predicted molar refractivity (Wildman–Crippen MR) is 81.9 cm³/mol. The fourth-order valence-electron chi connectivity index (χ4n) is 3.62. The number of hydrogen-bond acceptors (Lipinski definition) is 4. The van der Waals surface area contributed by atoms with Crippen molar-refractivity contribution in [1.29, 1.82) is 0 Å². The summed E-state index contributed by atoms with van der Waals surface area (Å²) >= 11 is 0. The number of nitrogens with zero attached hydrogens (tertiary/aromatic N) is 1. The first kappa shape index (κ1) is 13.9. The van der Waals surface area contributed by atoms with Crippen LogP contribution in [0.5, 0.6) is 5.75 Å². The second-order valence-corrected chi connectivity index (χ2v) is 6.14. The van der Waals surface area contributed by atoms with Crippen LogP contribution in [0.25, 0.3) is 0 Å². The van der Waals surface area contributed by atoms with E-state index in [-0.39, 0.29) is 16.5 Å². The number of nitrogens with one attached hydrogen (secondary N) is 1. The second-order valence-electron chi connectivity index (χ2n) is 6.14. The molecule has 0 saturated heterocycles. The van der Waals surface area contributed by atoms with Crippen molar-refractivity contribution in [1.82, 2.24) is 0 Å². The van der Waals surface area contributed by atoms with Crippen molar-refractivity contribution in [3.05, 3.63) is 40.0 Å². The number of non-ortho nitro benzene ring substituents is 1. The van der Waals surface area contributed by atoms with Gasteiger partial charge in [0.15, 0.2) is 0 Å². The highest BCUT2D eigenvalue weighted by molar-refractivity contribution is 5.70. The molecule has 2 aliphatic rings. The Balaban J connectivity index is 2.15. The number of ether oxygens (including phenoxy) is 1. The zero-order valence-electron chi connectivity index (χ0n) is 12.5. The van der Waals surface area contributed by atoms with Gasteiger partial charge in [-0.05, 0) is 23.8 Å². The highest BCUT2D eigenvalue weighted by Gasteiger charge is 2.40. The summed E-state index contributed by atoms with van der Waals surface area (Å²) in [6.07, 6.45) is 5.39. The van der Waals surface area contributed by atoms with Crippen molar-refractivity contribution in [2.24, 2.45) is 11.8 Å². The highest BCUT2D eigenvalue weighted by atomic mass is 16.6. The third-order valence-corrected chi connectivity index (χ3v) is 4.61. The van der Waals surface area contributed by atoms with Gasteiger partial charge in [0.1, 0.15) is 5.75 Å². The third-order valence-electron chi connectivity index (χ3n) is 4.61. The highest BCUT2D eigenvalue weighted by Crippen LogP contribution is 2.50. The Morgan fingerprint density at radius 1 is 1.43 bits per heavy atom. The van der Waals surface area contributed by atoms with Crippen LogP contribution in [-0.2, 0) is 0 Å². The minimum absolute atomic E-state index is 0.0921. The molecule has 1 aliphatic heterocycles. The van der Waals surface area contributed by atoms with E-state index in [1.807, 2.05) is 0 Å². The van der Waals surface area contributed by atoms with Gasteiger partial charge in [0.25, 0.3) is 5.69 Å². The minimum Gasteiger partial charge on any atom is -0.494 e. The van der Waals surface area contributed by atoms with Crippen molar-refractivity contribution >= 4 is 11.4 Å². The topological polar surface area (TPSA) is 64.4 Å². The van der Waals surface area contributed by atoms with Crippen LogP contribution in [0.15, 0.2) is 24.3 Å². The molecule has 1 heterocycles. The molecule has 0 saturated carbocycles. The largest absolute Gasteiger partial charge is 0.494 e. The van der Waals surface area contributed by atoms with Gasteiger partial charge in [-0.25, -0.2) is 0 Å². The second kappa shape index (κ2) is 5.06. The van der Waals surface area contributed by atoms with E-state index in [4.69, 9.17) is 4.74 Å². The number of rotatable bonds is 3. The number of hydrogen-bond donors (Lipinski definition) is 1. The number of allylic oxidation sites excluding steroid dienone is 2. The van der Waals surface area contributed by atoms with Gasteiger partial charge < -0.3 is 10.1 Å². The Morgan fingerprint density at radius 3 is 2.81 bits per heavy atom. The number of nitro groups is 1. The normalized spacial score (nSPS) is 26.2. The summed E-state index contributed by atoms with van der Waals surface area (Å²) in [6.45, 7) is 4.41. The van der Waals surface area contributed by atoms with Crippen molar-refractivity contribution in [2.75, 3.05) is 12.4 Å². The van der Waals surface area contributed by atoms with Crippen LogP contribution >= 0.6 is 0 Å². The Labute approximate surface area is 124 Å². The van der Waals surface area contributed by atoms with Crippen LogP contribution in [0.3, 0.4) is 0 Å². The number of benzene rings is 1. The molecule has 0 radical (unpaired) electrons. The van der Waals surface area contributed by atoms with E-state index >= 15 is 0 Å². The molecule has 0 amide bonds. The monoisotopic (exact) mass is 288 g/mol. The summed E-state index contributed by atoms with van der Waals surface area (Å²) in [5.41, 5.74) is 1.99. The Kier molecular flexibility index (Phi) is 3.35. The molecule has 3 rings (SSSR count). The summed E-state index contributed by atoms with van der Waals surface area (Å²) in [4.78, 5) is 10.8. The molecule has 1 N–H and O–H groups in total. The molecule has 0 unspecified atom stereocenters. The smallest absolute Gasteiger partial charge is 0.273 e. The Bertz CT molecular complexity index is 610. The molecule has 0 fully saturated rings. The standard InChI is InChI=1S/C16H20N2O3/c1-9(2)15-12-6-4-5-11(12)13-7-10(18(19)20)8-14(21-3)16(13)17-15/h4-5,7-9,11-12,15,17H,6H2,1-3H3/t11-,12+,15+/m1/s1. The van der Waals surface area contributed by atoms with Gasteiger partial charge in [0.05, 0.1) is 23.8 Å². The van der Waals surface area contributed by atoms with Crippen molar-refractivity contribution in [3.8, 4) is 5.75 Å². The van der Waals surface area contributed by atoms with Gasteiger partial charge in [0.2, 0.25) is 0 Å². The van der Waals surface area contributed by atoms with Crippen molar-refractivity contribution in [2.45, 2.75) is 32.2 Å². The lowest BCUT2D eigenvalue weighted by molar-refractivity contribution is -0.385. The molecule has 0 aromatic heterocycles. The Hall–Kier alpha value is -2.04. The van der Waals surface area contributed by atoms with E-state index in [0.717, 1.165) is 17.7 Å². The summed E-state index contributed by atoms with van der Waals surface area (Å²) in [6, 6.07) is 3.55. The molecule has 0 spiro atoms. The molecule has 3 atom stereocenters. The molecule has 1 aliphatic carbocycles. The van der Waals surface area contributed by atoms with Gasteiger partial charge in [-0.15, -0.1) is 0 Å². The number of methoxy groups -OCH3 is 1. The van der Waals surface area contributed by atoms with E-state index in [2.05, 4.69) is 31.3 Å². The van der Waals surface area contributed by atoms with Gasteiger partial charge in [-0.1, -0.05) is 26.0 Å². The predicted octanol–water partition coefficient (Wildman–Crippen LogP) is 3.71. The van der Waals surface area contributed by atoms with Crippen LogP contribution in [-0.4, -0.2) is 18.1 Å². The zero-order valence-corrected chi connectivity index (χ0v) is 12.5. The van der Waals surface area contributed by atoms with Crippen LogP contribution in [0.1, 0.15) is 31.7 Å². The molecule has 1 aromatic rings. The molecular formula is C16H20N2O3. The summed E-state index contributed by atoms with van der Waals surface area (Å²) < 4.78 is 5.39. The molecule has 0 bridgehead atoms. The van der Waals surface area contributed by atoms with Crippen LogP contribution in [0, 0.1) is 22.0 Å². The minimum atomic E-state index is -0.356. The summed E-state index contributed by atoms with van der Waals surface area (Å²) in [5, 5.41) is 14.7. The van der Waals surface area contributed by atoms with Gasteiger partial charge in [-0.3, -0.25) is 10.1 Å². The van der Waals surface area contributed by atoms with Gasteiger partial charge >= 0.3 is 0 Å².